The van der Waals surface area contributed by atoms with Crippen LogP contribution in [-0.4, -0.2) is 61.8 Å². The van der Waals surface area contributed by atoms with Crippen molar-refractivity contribution in [2.24, 2.45) is 0 Å². The third-order valence-corrected chi connectivity index (χ3v) is 8.34. The van der Waals surface area contributed by atoms with Gasteiger partial charge in [0.25, 0.3) is 10.0 Å². The molecule has 3 rings (SSSR count). The highest BCUT2D eigenvalue weighted by Gasteiger charge is 2.45. The number of rotatable bonds is 5. The SMILES string of the molecule is Cc1ccc(C(=O)O)cc1S(=O)(=O)N(c1cccc(O)c1)[C@H]1CS(=O)(=O)C[C@H]1O. The maximum atomic E-state index is 13.5. The zero-order valence-electron chi connectivity index (χ0n) is 15.3. The van der Waals surface area contributed by atoms with Gasteiger partial charge in [-0.15, -0.1) is 0 Å². The number of sulfonamides is 1. The van der Waals surface area contributed by atoms with Gasteiger partial charge < -0.3 is 15.3 Å². The third kappa shape index (κ3) is 4.07. The average molecular weight is 441 g/mol. The summed E-state index contributed by atoms with van der Waals surface area (Å²) in [5.41, 5.74) is -0.0635. The highest BCUT2D eigenvalue weighted by atomic mass is 32.2. The first-order valence-corrected chi connectivity index (χ1v) is 11.7. The van der Waals surface area contributed by atoms with Crippen LogP contribution in [0.1, 0.15) is 15.9 Å². The molecule has 1 saturated heterocycles. The van der Waals surface area contributed by atoms with Crippen molar-refractivity contribution >= 4 is 31.5 Å². The van der Waals surface area contributed by atoms with Crippen molar-refractivity contribution in [1.29, 1.82) is 0 Å². The number of anilines is 1. The first-order chi connectivity index (χ1) is 13.4. The summed E-state index contributed by atoms with van der Waals surface area (Å²) in [6.45, 7) is 1.47. The normalized spacial score (nSPS) is 21.0. The number of aromatic hydroxyl groups is 1. The number of aryl methyl sites for hydroxylation is 1. The van der Waals surface area contributed by atoms with Crippen molar-refractivity contribution < 1.29 is 36.9 Å². The third-order valence-electron chi connectivity index (χ3n) is 4.65. The minimum atomic E-state index is -4.49. The molecule has 0 spiro atoms. The largest absolute Gasteiger partial charge is 0.508 e. The number of carbonyl (C=O) groups is 1. The Kier molecular flexibility index (Phi) is 5.32. The van der Waals surface area contributed by atoms with Crippen LogP contribution < -0.4 is 4.31 Å². The van der Waals surface area contributed by atoms with E-state index in [1.165, 1.54) is 37.3 Å². The Labute approximate surface area is 167 Å². The van der Waals surface area contributed by atoms with E-state index in [1.807, 2.05) is 0 Å². The second kappa shape index (κ2) is 7.32. The van der Waals surface area contributed by atoms with E-state index in [4.69, 9.17) is 0 Å². The van der Waals surface area contributed by atoms with Gasteiger partial charge in [0.1, 0.15) is 5.75 Å². The van der Waals surface area contributed by atoms with Gasteiger partial charge in [0.05, 0.1) is 39.8 Å². The molecule has 0 unspecified atom stereocenters. The zero-order chi connectivity index (χ0) is 21.6. The number of aromatic carboxylic acids is 1. The van der Waals surface area contributed by atoms with Gasteiger partial charge in [-0.1, -0.05) is 12.1 Å². The van der Waals surface area contributed by atoms with Crippen molar-refractivity contribution in [1.82, 2.24) is 0 Å². The number of carboxylic acid groups (broad SMARTS) is 1. The molecular formula is C18H19NO8S2. The molecule has 0 amide bonds. The van der Waals surface area contributed by atoms with Crippen LogP contribution in [0.3, 0.4) is 0 Å². The molecule has 1 aliphatic rings. The Morgan fingerprint density at radius 1 is 1.14 bits per heavy atom. The summed E-state index contributed by atoms with van der Waals surface area (Å²) >= 11 is 0. The Bertz CT molecular complexity index is 1170. The fourth-order valence-electron chi connectivity index (χ4n) is 3.29. The maximum Gasteiger partial charge on any atom is 0.335 e. The van der Waals surface area contributed by atoms with E-state index in [2.05, 4.69) is 0 Å². The molecule has 11 heteroatoms. The van der Waals surface area contributed by atoms with Crippen LogP contribution in [0.5, 0.6) is 5.75 Å². The zero-order valence-corrected chi connectivity index (χ0v) is 16.9. The molecule has 0 aliphatic carbocycles. The topological polar surface area (TPSA) is 149 Å². The number of carboxylic acids is 1. The molecular weight excluding hydrogens is 422 g/mol. The van der Waals surface area contributed by atoms with E-state index in [-0.39, 0.29) is 27.5 Å². The molecule has 29 heavy (non-hydrogen) atoms. The van der Waals surface area contributed by atoms with Crippen LogP contribution >= 0.6 is 0 Å². The van der Waals surface area contributed by atoms with E-state index >= 15 is 0 Å². The number of nitrogens with zero attached hydrogens (tertiary/aromatic N) is 1. The smallest absolute Gasteiger partial charge is 0.335 e. The van der Waals surface area contributed by atoms with Gasteiger partial charge in [0.15, 0.2) is 9.84 Å². The first kappa shape index (κ1) is 21.1. The summed E-state index contributed by atoms with van der Waals surface area (Å²) in [4.78, 5) is 11.0. The maximum absolute atomic E-state index is 13.5. The minimum Gasteiger partial charge on any atom is -0.508 e. The van der Waals surface area contributed by atoms with Gasteiger partial charge in [0.2, 0.25) is 0 Å². The van der Waals surface area contributed by atoms with Gasteiger partial charge in [-0.25, -0.2) is 21.6 Å². The number of hydrogen-bond donors (Lipinski definition) is 3. The Hall–Kier alpha value is -2.63. The highest BCUT2D eigenvalue weighted by molar-refractivity contribution is 7.93. The van der Waals surface area contributed by atoms with E-state index < -0.39 is 49.5 Å². The van der Waals surface area contributed by atoms with Crippen LogP contribution in [0.4, 0.5) is 5.69 Å². The van der Waals surface area contributed by atoms with Crippen LogP contribution in [0.2, 0.25) is 0 Å². The van der Waals surface area contributed by atoms with Gasteiger partial charge >= 0.3 is 5.97 Å². The lowest BCUT2D eigenvalue weighted by molar-refractivity contribution is 0.0696. The summed E-state index contributed by atoms with van der Waals surface area (Å²) in [5.74, 6) is -2.79. The number of benzene rings is 2. The number of aliphatic hydroxyl groups excluding tert-OH is 1. The predicted octanol–water partition coefficient (Wildman–Crippen LogP) is 0.752. The molecule has 9 nitrogen and oxygen atoms in total. The molecule has 1 heterocycles. The molecule has 0 saturated carbocycles. The number of phenolic OH excluding ortho intramolecular Hbond substituents is 1. The summed E-state index contributed by atoms with van der Waals surface area (Å²) in [6, 6.07) is 7.41. The Morgan fingerprint density at radius 2 is 1.83 bits per heavy atom. The summed E-state index contributed by atoms with van der Waals surface area (Å²) in [6.07, 6.45) is -1.49. The summed E-state index contributed by atoms with van der Waals surface area (Å²) in [7, 11) is -8.18. The summed E-state index contributed by atoms with van der Waals surface area (Å²) < 4.78 is 51.8. The number of aliphatic hydroxyl groups is 1. The van der Waals surface area contributed by atoms with E-state index in [1.54, 1.807) is 0 Å². The van der Waals surface area contributed by atoms with Crippen molar-refractivity contribution in [2.75, 3.05) is 15.8 Å². The van der Waals surface area contributed by atoms with Crippen molar-refractivity contribution in [3.05, 3.63) is 53.6 Å². The van der Waals surface area contributed by atoms with Gasteiger partial charge in [-0.3, -0.25) is 4.31 Å². The molecule has 0 aromatic heterocycles. The van der Waals surface area contributed by atoms with E-state index in [9.17, 15) is 36.9 Å². The molecule has 1 fully saturated rings. The highest BCUT2D eigenvalue weighted by Crippen LogP contribution is 2.34. The predicted molar refractivity (Wildman–Crippen MR) is 104 cm³/mol. The van der Waals surface area contributed by atoms with E-state index in [0.29, 0.717) is 0 Å². The van der Waals surface area contributed by atoms with Crippen LogP contribution in [-0.2, 0) is 19.9 Å². The van der Waals surface area contributed by atoms with E-state index in [0.717, 1.165) is 16.4 Å². The number of sulfone groups is 1. The molecule has 2 aromatic rings. The Balaban J connectivity index is 2.24. The molecule has 0 radical (unpaired) electrons. The summed E-state index contributed by atoms with van der Waals surface area (Å²) in [5, 5.41) is 29.3. The lowest BCUT2D eigenvalue weighted by atomic mass is 10.1. The molecule has 2 atom stereocenters. The fraction of sp³-hybridized carbons (Fsp3) is 0.278. The van der Waals surface area contributed by atoms with Crippen molar-refractivity contribution in [3.63, 3.8) is 0 Å². The van der Waals surface area contributed by atoms with Crippen LogP contribution in [0, 0.1) is 6.92 Å². The molecule has 0 bridgehead atoms. The first-order valence-electron chi connectivity index (χ1n) is 8.48. The van der Waals surface area contributed by atoms with Crippen LogP contribution in [0.15, 0.2) is 47.4 Å². The molecule has 3 N–H and O–H groups in total. The average Bonchev–Trinajstić information content (AvgIpc) is 2.87. The van der Waals surface area contributed by atoms with Crippen molar-refractivity contribution in [2.45, 2.75) is 24.0 Å². The molecule has 156 valence electrons. The van der Waals surface area contributed by atoms with Crippen molar-refractivity contribution in [3.8, 4) is 5.75 Å². The van der Waals surface area contributed by atoms with Gasteiger partial charge in [-0.05, 0) is 36.8 Å². The molecule has 1 aliphatic heterocycles. The minimum absolute atomic E-state index is 0.0497. The quantitative estimate of drug-likeness (QED) is 0.615. The lowest BCUT2D eigenvalue weighted by Crippen LogP contribution is -2.47. The van der Waals surface area contributed by atoms with Gasteiger partial charge in [-0.2, -0.15) is 0 Å². The fourth-order valence-corrected chi connectivity index (χ4v) is 7.08. The number of phenols is 1. The molecule has 2 aromatic carbocycles. The number of hydrogen-bond acceptors (Lipinski definition) is 7. The Morgan fingerprint density at radius 3 is 2.38 bits per heavy atom. The van der Waals surface area contributed by atoms with Crippen LogP contribution in [0.25, 0.3) is 0 Å². The lowest BCUT2D eigenvalue weighted by Gasteiger charge is -2.32. The second-order valence-electron chi connectivity index (χ2n) is 6.82. The monoisotopic (exact) mass is 441 g/mol. The van der Waals surface area contributed by atoms with Gasteiger partial charge in [0, 0.05) is 6.07 Å². The second-order valence-corrected chi connectivity index (χ2v) is 10.8. The standard InChI is InChI=1S/C18H19NO8S2/c1-11-5-6-12(18(22)23)7-17(11)29(26,27)19(13-3-2-4-14(20)8-13)15-9-28(24,25)10-16(15)21/h2-8,15-16,20-21H,9-10H2,1H3,(H,22,23)/t15-,16+/m0/s1.